The van der Waals surface area contributed by atoms with Crippen LogP contribution in [0.4, 0.5) is 26.8 Å². The van der Waals surface area contributed by atoms with Crippen LogP contribution in [0.3, 0.4) is 0 Å². The lowest BCUT2D eigenvalue weighted by atomic mass is 9.90. The molecule has 1 fully saturated rings. The first kappa shape index (κ1) is 31.3. The summed E-state index contributed by atoms with van der Waals surface area (Å²) in [6.45, 7) is 9.52. The number of amides is 4. The van der Waals surface area contributed by atoms with E-state index in [1.54, 1.807) is 21.7 Å². The van der Waals surface area contributed by atoms with Crippen molar-refractivity contribution in [1.29, 1.82) is 0 Å². The molecule has 0 radical (unpaired) electrons. The average molecular weight is 609 g/mol. The number of benzene rings is 3. The van der Waals surface area contributed by atoms with Crippen molar-refractivity contribution >= 4 is 35.2 Å². The van der Waals surface area contributed by atoms with E-state index in [4.69, 9.17) is 5.10 Å². The van der Waals surface area contributed by atoms with E-state index in [1.165, 1.54) is 12.1 Å². The molecule has 1 aromatic heterocycles. The predicted octanol–water partition coefficient (Wildman–Crippen LogP) is 7.31. The molecule has 0 unspecified atom stereocenters. The number of nitrogens with zero attached hydrogens (tertiary/aromatic N) is 3. The van der Waals surface area contributed by atoms with Crippen LogP contribution in [0, 0.1) is 12.8 Å². The fourth-order valence-electron chi connectivity index (χ4n) is 5.38. The van der Waals surface area contributed by atoms with Gasteiger partial charge in [0.1, 0.15) is 5.82 Å². The quantitative estimate of drug-likeness (QED) is 0.175. The first-order chi connectivity index (χ1) is 21.4. The van der Waals surface area contributed by atoms with Crippen molar-refractivity contribution in [1.82, 2.24) is 14.7 Å². The number of aromatic nitrogens is 2. The summed E-state index contributed by atoms with van der Waals surface area (Å²) >= 11 is 0. The molecular weight excluding hydrogens is 568 g/mol. The summed E-state index contributed by atoms with van der Waals surface area (Å²) in [5, 5.41) is 22.8. The van der Waals surface area contributed by atoms with Gasteiger partial charge in [-0.1, -0.05) is 56.7 Å². The van der Waals surface area contributed by atoms with E-state index in [0.29, 0.717) is 36.2 Å². The fourth-order valence-corrected chi connectivity index (χ4v) is 5.38. The minimum Gasteiger partial charge on any atom is -0.478 e. The number of rotatable bonds is 7. The van der Waals surface area contributed by atoms with Gasteiger partial charge in [0.25, 0.3) is 0 Å². The van der Waals surface area contributed by atoms with Gasteiger partial charge in [-0.2, -0.15) is 5.10 Å². The lowest BCUT2D eigenvalue weighted by molar-refractivity contribution is 0.0696. The minimum atomic E-state index is -1.04. The van der Waals surface area contributed by atoms with Gasteiger partial charge in [-0.3, -0.25) is 5.32 Å². The summed E-state index contributed by atoms with van der Waals surface area (Å²) in [6, 6.07) is 23.4. The van der Waals surface area contributed by atoms with Crippen molar-refractivity contribution < 1.29 is 19.5 Å². The van der Waals surface area contributed by atoms with E-state index in [-0.39, 0.29) is 23.0 Å². The summed E-state index contributed by atoms with van der Waals surface area (Å²) in [4.78, 5) is 38.9. The summed E-state index contributed by atoms with van der Waals surface area (Å²) < 4.78 is 1.76. The second-order valence-corrected chi connectivity index (χ2v) is 12.6. The Balaban J connectivity index is 1.17. The Morgan fingerprint density at radius 3 is 2.20 bits per heavy atom. The van der Waals surface area contributed by atoms with Gasteiger partial charge in [-0.15, -0.1) is 0 Å². The van der Waals surface area contributed by atoms with E-state index >= 15 is 0 Å². The number of piperidine rings is 1. The molecule has 2 heterocycles. The van der Waals surface area contributed by atoms with Crippen LogP contribution >= 0.6 is 0 Å². The Hall–Kier alpha value is -5.12. The molecule has 0 saturated carbocycles. The summed E-state index contributed by atoms with van der Waals surface area (Å²) in [5.41, 5.74) is 5.09. The summed E-state index contributed by atoms with van der Waals surface area (Å²) in [5.74, 6) is -0.0527. The standard InChI is InChI=1S/C35H40N6O4/c1-23-11-13-29(14-12-23)41-31(22-30(39-41)35(2,3)4)38-33(44)36-27-9-5-7-25(20-27)19-24-15-17-40(18-16-24)34(45)37-28-10-6-8-26(21-28)32(42)43/h5-14,20-22,24H,15-19H2,1-4H3,(H,37,45)(H,42,43)(H2,36,38,44). The number of likely N-dealkylation sites (tertiary alicyclic amines) is 1. The highest BCUT2D eigenvalue weighted by molar-refractivity contribution is 5.99. The zero-order valence-corrected chi connectivity index (χ0v) is 26.1. The molecule has 10 heteroatoms. The third-order valence-electron chi connectivity index (χ3n) is 7.97. The normalized spacial score (nSPS) is 13.7. The van der Waals surface area contributed by atoms with Crippen LogP contribution in [0.25, 0.3) is 5.69 Å². The Bertz CT molecular complexity index is 1680. The number of carboxylic acids is 1. The van der Waals surface area contributed by atoms with Crippen LogP contribution < -0.4 is 16.0 Å². The van der Waals surface area contributed by atoms with Crippen molar-refractivity contribution in [3.63, 3.8) is 0 Å². The van der Waals surface area contributed by atoms with E-state index in [2.05, 4.69) is 42.8 Å². The Morgan fingerprint density at radius 2 is 1.53 bits per heavy atom. The third kappa shape index (κ3) is 8.08. The third-order valence-corrected chi connectivity index (χ3v) is 7.97. The van der Waals surface area contributed by atoms with Crippen molar-refractivity contribution in [2.45, 2.75) is 52.4 Å². The first-order valence-electron chi connectivity index (χ1n) is 15.2. The lowest BCUT2D eigenvalue weighted by Gasteiger charge is -2.32. The molecule has 0 bridgehead atoms. The maximum Gasteiger partial charge on any atom is 0.335 e. The molecular formula is C35H40N6O4. The molecule has 1 saturated heterocycles. The van der Waals surface area contributed by atoms with Gasteiger partial charge < -0.3 is 20.6 Å². The maximum atomic E-state index is 13.1. The number of aryl methyl sites for hydroxylation is 1. The van der Waals surface area contributed by atoms with Crippen molar-refractivity contribution in [3.05, 3.63) is 101 Å². The van der Waals surface area contributed by atoms with Gasteiger partial charge in [0, 0.05) is 35.9 Å². The zero-order valence-electron chi connectivity index (χ0n) is 26.1. The molecule has 3 aromatic carbocycles. The minimum absolute atomic E-state index is 0.129. The van der Waals surface area contributed by atoms with Crippen molar-refractivity contribution in [2.75, 3.05) is 29.0 Å². The van der Waals surface area contributed by atoms with Gasteiger partial charge in [0.15, 0.2) is 0 Å². The monoisotopic (exact) mass is 608 g/mol. The molecule has 0 aliphatic carbocycles. The highest BCUT2D eigenvalue weighted by Gasteiger charge is 2.24. The number of urea groups is 2. The number of nitrogens with one attached hydrogen (secondary N) is 3. The summed E-state index contributed by atoms with van der Waals surface area (Å²) in [6.07, 6.45) is 2.53. The number of carbonyl (C=O) groups excluding carboxylic acids is 2. The van der Waals surface area contributed by atoms with Gasteiger partial charge in [-0.05, 0) is 80.1 Å². The highest BCUT2D eigenvalue weighted by atomic mass is 16.4. The largest absolute Gasteiger partial charge is 0.478 e. The van der Waals surface area contributed by atoms with E-state index in [9.17, 15) is 19.5 Å². The van der Waals surface area contributed by atoms with Gasteiger partial charge in [-0.25, -0.2) is 19.1 Å². The number of aromatic carboxylic acids is 1. The molecule has 1 aliphatic rings. The fraction of sp³-hybridized carbons (Fsp3) is 0.314. The average Bonchev–Trinajstić information content (AvgIpc) is 3.42. The molecule has 234 valence electrons. The molecule has 45 heavy (non-hydrogen) atoms. The maximum absolute atomic E-state index is 13.1. The van der Waals surface area contributed by atoms with E-state index in [1.807, 2.05) is 55.5 Å². The van der Waals surface area contributed by atoms with Crippen LogP contribution in [-0.4, -0.2) is 50.9 Å². The Morgan fingerprint density at radius 1 is 0.867 bits per heavy atom. The number of anilines is 3. The van der Waals surface area contributed by atoms with Crippen LogP contribution in [0.1, 0.15) is 60.8 Å². The predicted molar refractivity (Wildman–Crippen MR) is 177 cm³/mol. The van der Waals surface area contributed by atoms with Crippen LogP contribution in [-0.2, 0) is 11.8 Å². The zero-order chi connectivity index (χ0) is 32.1. The lowest BCUT2D eigenvalue weighted by Crippen LogP contribution is -2.41. The molecule has 10 nitrogen and oxygen atoms in total. The number of hydrogen-bond donors (Lipinski definition) is 4. The van der Waals surface area contributed by atoms with Crippen molar-refractivity contribution in [3.8, 4) is 5.69 Å². The van der Waals surface area contributed by atoms with Gasteiger partial charge in [0.2, 0.25) is 0 Å². The molecule has 4 amide bonds. The van der Waals surface area contributed by atoms with E-state index < -0.39 is 5.97 Å². The van der Waals surface area contributed by atoms with Gasteiger partial charge in [0.05, 0.1) is 16.9 Å². The smallest absolute Gasteiger partial charge is 0.335 e. The number of hydrogen-bond acceptors (Lipinski definition) is 4. The highest BCUT2D eigenvalue weighted by Crippen LogP contribution is 2.27. The second kappa shape index (κ2) is 13.3. The van der Waals surface area contributed by atoms with Gasteiger partial charge >= 0.3 is 18.0 Å². The molecule has 1 aliphatic heterocycles. The van der Waals surface area contributed by atoms with Crippen LogP contribution in [0.5, 0.6) is 0 Å². The van der Waals surface area contributed by atoms with Crippen molar-refractivity contribution in [2.24, 2.45) is 5.92 Å². The topological polar surface area (TPSA) is 129 Å². The molecule has 0 spiro atoms. The first-order valence-corrected chi connectivity index (χ1v) is 15.2. The second-order valence-electron chi connectivity index (χ2n) is 12.6. The number of carbonyl (C=O) groups is 3. The Kier molecular flexibility index (Phi) is 9.22. The molecule has 4 N–H and O–H groups in total. The summed E-state index contributed by atoms with van der Waals surface area (Å²) in [7, 11) is 0. The Labute approximate surface area is 263 Å². The molecule has 5 rings (SSSR count). The van der Waals surface area contributed by atoms with E-state index in [0.717, 1.165) is 41.8 Å². The molecule has 0 atom stereocenters. The SMILES string of the molecule is Cc1ccc(-n2nc(C(C)(C)C)cc2NC(=O)Nc2cccc(CC3CCN(C(=O)Nc4cccc(C(=O)O)c4)CC3)c2)cc1. The number of carboxylic acid groups (broad SMARTS) is 1. The van der Waals surface area contributed by atoms with Crippen LogP contribution in [0.15, 0.2) is 78.9 Å². The van der Waals surface area contributed by atoms with Crippen LogP contribution in [0.2, 0.25) is 0 Å². The molecule has 4 aromatic rings.